The Morgan fingerprint density at radius 3 is 2.29 bits per heavy atom. The maximum atomic E-state index is 12.5. The lowest BCUT2D eigenvalue weighted by Gasteiger charge is -2.12. The smallest absolute Gasteiger partial charge is 0.265 e. The Kier molecular flexibility index (Phi) is 4.84. The molecule has 0 saturated heterocycles. The van der Waals surface area contributed by atoms with Gasteiger partial charge in [-0.1, -0.05) is 31.0 Å². The van der Waals surface area contributed by atoms with Crippen LogP contribution < -0.4 is 5.32 Å². The van der Waals surface area contributed by atoms with E-state index in [2.05, 4.69) is 38.2 Å². The van der Waals surface area contributed by atoms with E-state index in [1.165, 1.54) is 16.0 Å². The maximum absolute atomic E-state index is 12.5. The molecular weight excluding hydrogens is 278 g/mol. The summed E-state index contributed by atoms with van der Waals surface area (Å²) in [4.78, 5) is 14.5. The van der Waals surface area contributed by atoms with Crippen molar-refractivity contribution in [1.82, 2.24) is 0 Å². The van der Waals surface area contributed by atoms with Crippen molar-refractivity contribution in [3.8, 4) is 0 Å². The van der Waals surface area contributed by atoms with Gasteiger partial charge in [-0.05, 0) is 56.9 Å². The molecule has 1 aromatic heterocycles. The number of hydrogen-bond donors (Lipinski definition) is 1. The second kappa shape index (κ2) is 6.44. The number of amides is 1. The van der Waals surface area contributed by atoms with Gasteiger partial charge in [0.2, 0.25) is 0 Å². The predicted molar refractivity (Wildman–Crippen MR) is 91.7 cm³/mol. The van der Waals surface area contributed by atoms with Crippen LogP contribution in [0.15, 0.2) is 18.2 Å². The van der Waals surface area contributed by atoms with Crippen molar-refractivity contribution in [3.63, 3.8) is 0 Å². The molecule has 0 spiro atoms. The molecule has 2 aromatic rings. The van der Waals surface area contributed by atoms with Crippen LogP contribution in [0.1, 0.15) is 50.1 Å². The Morgan fingerprint density at radius 2 is 1.71 bits per heavy atom. The van der Waals surface area contributed by atoms with Gasteiger partial charge in [0.1, 0.15) is 0 Å². The molecule has 112 valence electrons. The molecule has 3 heteroatoms. The second-order valence-corrected chi connectivity index (χ2v) is 6.93. The Hall–Kier alpha value is -1.61. The Bertz CT molecular complexity index is 647. The first-order valence-electron chi connectivity index (χ1n) is 7.41. The van der Waals surface area contributed by atoms with Gasteiger partial charge in [-0.2, -0.15) is 0 Å². The number of thiophene rings is 1. The van der Waals surface area contributed by atoms with Gasteiger partial charge in [0.15, 0.2) is 0 Å². The molecule has 0 fully saturated rings. The molecule has 1 heterocycles. The summed E-state index contributed by atoms with van der Waals surface area (Å²) in [5.74, 6) is 0.000469. The largest absolute Gasteiger partial charge is 0.321 e. The summed E-state index contributed by atoms with van der Waals surface area (Å²) in [5.41, 5.74) is 5.68. The predicted octanol–water partition coefficient (Wildman–Crippen LogP) is 5.19. The van der Waals surface area contributed by atoms with Crippen molar-refractivity contribution >= 4 is 22.9 Å². The van der Waals surface area contributed by atoms with Crippen molar-refractivity contribution in [2.75, 3.05) is 5.32 Å². The van der Waals surface area contributed by atoms with E-state index in [1.807, 2.05) is 19.9 Å². The zero-order chi connectivity index (χ0) is 15.6. The van der Waals surface area contributed by atoms with Crippen molar-refractivity contribution < 1.29 is 4.79 Å². The molecule has 0 radical (unpaired) electrons. The van der Waals surface area contributed by atoms with Gasteiger partial charge < -0.3 is 5.32 Å². The highest BCUT2D eigenvalue weighted by Gasteiger charge is 2.14. The van der Waals surface area contributed by atoms with Gasteiger partial charge in [0, 0.05) is 10.6 Å². The molecule has 0 saturated carbocycles. The Morgan fingerprint density at radius 1 is 1.10 bits per heavy atom. The van der Waals surface area contributed by atoms with Crippen molar-refractivity contribution in [2.24, 2.45) is 0 Å². The van der Waals surface area contributed by atoms with Gasteiger partial charge in [0.25, 0.3) is 5.91 Å². The van der Waals surface area contributed by atoms with E-state index >= 15 is 0 Å². The van der Waals surface area contributed by atoms with Gasteiger partial charge >= 0.3 is 0 Å². The Balaban J connectivity index is 2.24. The fourth-order valence-corrected chi connectivity index (χ4v) is 3.67. The molecule has 21 heavy (non-hydrogen) atoms. The molecule has 0 aliphatic carbocycles. The summed E-state index contributed by atoms with van der Waals surface area (Å²) in [7, 11) is 0. The number of rotatable bonds is 4. The number of hydrogen-bond acceptors (Lipinski definition) is 2. The van der Waals surface area contributed by atoms with Crippen LogP contribution in [0.5, 0.6) is 0 Å². The van der Waals surface area contributed by atoms with Crippen molar-refractivity contribution in [1.29, 1.82) is 0 Å². The average molecular weight is 301 g/mol. The monoisotopic (exact) mass is 301 g/mol. The van der Waals surface area contributed by atoms with Crippen molar-refractivity contribution in [3.05, 3.63) is 50.2 Å². The SMILES string of the molecule is CCCc1cc(C(=O)Nc2c(C)cc(C)cc2C)sc1C. The molecular formula is C18H23NOS. The van der Waals surface area contributed by atoms with Gasteiger partial charge in [-0.25, -0.2) is 0 Å². The molecule has 1 N–H and O–H groups in total. The van der Waals surface area contributed by atoms with Crippen LogP contribution in [0, 0.1) is 27.7 Å². The minimum absolute atomic E-state index is 0.000469. The van der Waals surface area contributed by atoms with Gasteiger partial charge in [0.05, 0.1) is 4.88 Å². The number of carbonyl (C=O) groups is 1. The van der Waals surface area contributed by atoms with Crippen molar-refractivity contribution in [2.45, 2.75) is 47.5 Å². The summed E-state index contributed by atoms with van der Waals surface area (Å²) in [6, 6.07) is 6.24. The van der Waals surface area contributed by atoms with Crippen LogP contribution in [0.4, 0.5) is 5.69 Å². The van der Waals surface area contributed by atoms with E-state index in [0.29, 0.717) is 0 Å². The van der Waals surface area contributed by atoms with Crippen LogP contribution in [0.25, 0.3) is 0 Å². The lowest BCUT2D eigenvalue weighted by molar-refractivity contribution is 0.103. The summed E-state index contributed by atoms with van der Waals surface area (Å²) in [5, 5.41) is 3.08. The summed E-state index contributed by atoms with van der Waals surface area (Å²) < 4.78 is 0. The normalized spacial score (nSPS) is 10.7. The third-order valence-corrected chi connectivity index (χ3v) is 4.77. The van der Waals surface area contributed by atoms with Gasteiger partial charge in [-0.15, -0.1) is 11.3 Å². The first-order valence-corrected chi connectivity index (χ1v) is 8.22. The third kappa shape index (κ3) is 3.53. The molecule has 2 nitrogen and oxygen atoms in total. The van der Waals surface area contributed by atoms with E-state index in [-0.39, 0.29) is 5.91 Å². The molecule has 1 aromatic carbocycles. The first kappa shape index (κ1) is 15.8. The maximum Gasteiger partial charge on any atom is 0.265 e. The van der Waals surface area contributed by atoms with E-state index in [0.717, 1.165) is 34.5 Å². The second-order valence-electron chi connectivity index (χ2n) is 5.67. The van der Waals surface area contributed by atoms with Crippen LogP contribution in [0.3, 0.4) is 0 Å². The fraction of sp³-hybridized carbons (Fsp3) is 0.389. The lowest BCUT2D eigenvalue weighted by atomic mass is 10.0. The summed E-state index contributed by atoms with van der Waals surface area (Å²) in [6.07, 6.45) is 2.15. The first-order chi connectivity index (χ1) is 9.92. The van der Waals surface area contributed by atoms with E-state index in [4.69, 9.17) is 0 Å². The highest BCUT2D eigenvalue weighted by atomic mass is 32.1. The topological polar surface area (TPSA) is 29.1 Å². The average Bonchev–Trinajstić information content (AvgIpc) is 2.76. The highest BCUT2D eigenvalue weighted by molar-refractivity contribution is 7.14. The minimum atomic E-state index is 0.000469. The van der Waals surface area contributed by atoms with E-state index < -0.39 is 0 Å². The number of carbonyl (C=O) groups excluding carboxylic acids is 1. The van der Waals surface area contributed by atoms with Crippen LogP contribution in [0.2, 0.25) is 0 Å². The van der Waals surface area contributed by atoms with E-state index in [9.17, 15) is 4.79 Å². The van der Waals surface area contributed by atoms with Crippen LogP contribution >= 0.6 is 11.3 Å². The number of benzene rings is 1. The van der Waals surface area contributed by atoms with Gasteiger partial charge in [-0.3, -0.25) is 4.79 Å². The number of aryl methyl sites for hydroxylation is 5. The third-order valence-electron chi connectivity index (χ3n) is 3.68. The fourth-order valence-electron chi connectivity index (χ4n) is 2.70. The summed E-state index contributed by atoms with van der Waals surface area (Å²) >= 11 is 1.58. The number of nitrogens with one attached hydrogen (secondary N) is 1. The molecule has 0 bridgehead atoms. The van der Waals surface area contributed by atoms with E-state index in [1.54, 1.807) is 11.3 Å². The van der Waals surface area contributed by atoms with Crippen LogP contribution in [-0.2, 0) is 6.42 Å². The lowest BCUT2D eigenvalue weighted by Crippen LogP contribution is -2.12. The highest BCUT2D eigenvalue weighted by Crippen LogP contribution is 2.26. The Labute approximate surface area is 131 Å². The zero-order valence-electron chi connectivity index (χ0n) is 13.5. The summed E-state index contributed by atoms with van der Waals surface area (Å²) in [6.45, 7) is 10.4. The zero-order valence-corrected chi connectivity index (χ0v) is 14.3. The minimum Gasteiger partial charge on any atom is -0.321 e. The molecule has 0 atom stereocenters. The van der Waals surface area contributed by atoms with Crippen LogP contribution in [-0.4, -0.2) is 5.91 Å². The standard InChI is InChI=1S/C18H23NOS/c1-6-7-15-10-16(21-14(15)5)18(20)19-17-12(3)8-11(2)9-13(17)4/h8-10H,6-7H2,1-5H3,(H,19,20). The quantitative estimate of drug-likeness (QED) is 0.827. The molecule has 0 aliphatic rings. The molecule has 0 aliphatic heterocycles. The molecule has 2 rings (SSSR count). The number of anilines is 1. The molecule has 0 unspecified atom stereocenters. The molecule has 1 amide bonds.